The third kappa shape index (κ3) is 6.03. The zero-order valence-electron chi connectivity index (χ0n) is 14.2. The van der Waals surface area contributed by atoms with Crippen molar-refractivity contribution in [2.75, 3.05) is 13.1 Å². The predicted octanol–water partition coefficient (Wildman–Crippen LogP) is 3.23. The molecule has 3 rings (SSSR count). The van der Waals surface area contributed by atoms with Crippen molar-refractivity contribution in [3.8, 4) is 11.3 Å². The summed E-state index contributed by atoms with van der Waals surface area (Å²) in [7, 11) is 0. The number of nitrogens with zero attached hydrogens (tertiary/aromatic N) is 1. The molecule has 1 aliphatic heterocycles. The van der Waals surface area contributed by atoms with E-state index in [0.29, 0.717) is 24.7 Å². The molecule has 2 heterocycles. The first-order valence-corrected chi connectivity index (χ1v) is 8.22. The van der Waals surface area contributed by atoms with Gasteiger partial charge in [-0.25, -0.2) is 4.98 Å². The summed E-state index contributed by atoms with van der Waals surface area (Å²) in [4.78, 5) is 16.4. The van der Waals surface area contributed by atoms with Crippen LogP contribution in [0.25, 0.3) is 11.3 Å². The Balaban J connectivity index is 0.00000156. The van der Waals surface area contributed by atoms with E-state index in [1.807, 2.05) is 30.3 Å². The molecule has 7 heteroatoms. The lowest BCUT2D eigenvalue weighted by Gasteiger charge is -2.30. The Kier molecular flexibility index (Phi) is 8.97. The first-order valence-electron chi connectivity index (χ1n) is 8.22. The van der Waals surface area contributed by atoms with Crippen LogP contribution < -0.4 is 10.6 Å². The zero-order chi connectivity index (χ0) is 16.1. The van der Waals surface area contributed by atoms with Crippen LogP contribution in [0.1, 0.15) is 25.7 Å². The van der Waals surface area contributed by atoms with Crippen LogP contribution in [0.3, 0.4) is 0 Å². The average molecular weight is 386 g/mol. The second kappa shape index (κ2) is 10.4. The number of rotatable bonds is 5. The topological polar surface area (TPSA) is 67.2 Å². The van der Waals surface area contributed by atoms with E-state index in [2.05, 4.69) is 22.5 Å². The van der Waals surface area contributed by atoms with Gasteiger partial charge in [-0.2, -0.15) is 0 Å². The van der Waals surface area contributed by atoms with Gasteiger partial charge in [-0.3, -0.25) is 4.79 Å². The molecule has 2 N–H and O–H groups in total. The second-order valence-electron chi connectivity index (χ2n) is 6.13. The maximum atomic E-state index is 12.1. The highest BCUT2D eigenvalue weighted by Crippen LogP contribution is 2.20. The number of hydrogen-bond acceptors (Lipinski definition) is 4. The van der Waals surface area contributed by atoms with Crippen molar-refractivity contribution in [2.24, 2.45) is 5.92 Å². The van der Waals surface area contributed by atoms with Crippen molar-refractivity contribution in [3.05, 3.63) is 42.4 Å². The van der Waals surface area contributed by atoms with E-state index in [4.69, 9.17) is 4.42 Å². The quantitative estimate of drug-likeness (QED) is 0.828. The van der Waals surface area contributed by atoms with Crippen molar-refractivity contribution < 1.29 is 9.21 Å². The highest BCUT2D eigenvalue weighted by Gasteiger charge is 2.22. The lowest BCUT2D eigenvalue weighted by atomic mass is 9.95. The number of aryl methyl sites for hydroxylation is 1. The number of amides is 1. The molecule has 2 atom stereocenters. The van der Waals surface area contributed by atoms with Crippen LogP contribution in [0, 0.1) is 5.92 Å². The van der Waals surface area contributed by atoms with Gasteiger partial charge in [-0.15, -0.1) is 24.8 Å². The Labute approximate surface area is 160 Å². The van der Waals surface area contributed by atoms with Gasteiger partial charge in [0.2, 0.25) is 5.91 Å². The van der Waals surface area contributed by atoms with Crippen LogP contribution in [-0.2, 0) is 11.2 Å². The third-order valence-corrected chi connectivity index (χ3v) is 4.35. The molecule has 2 unspecified atom stereocenters. The maximum absolute atomic E-state index is 12.1. The van der Waals surface area contributed by atoms with Crippen LogP contribution in [-0.4, -0.2) is 30.0 Å². The lowest BCUT2D eigenvalue weighted by Crippen LogP contribution is -2.50. The largest absolute Gasteiger partial charge is 0.441 e. The van der Waals surface area contributed by atoms with E-state index in [0.717, 1.165) is 30.8 Å². The molecule has 138 valence electrons. The molecule has 25 heavy (non-hydrogen) atoms. The van der Waals surface area contributed by atoms with Crippen LogP contribution >= 0.6 is 24.8 Å². The van der Waals surface area contributed by atoms with Gasteiger partial charge in [0.05, 0.1) is 6.20 Å². The minimum Gasteiger partial charge on any atom is -0.441 e. The number of oxazole rings is 1. The highest BCUT2D eigenvalue weighted by molar-refractivity contribution is 5.85. The van der Waals surface area contributed by atoms with Crippen LogP contribution in [0.4, 0.5) is 0 Å². The highest BCUT2D eigenvalue weighted by atomic mass is 35.5. The van der Waals surface area contributed by atoms with Crippen molar-refractivity contribution in [1.82, 2.24) is 15.6 Å². The molecule has 0 spiro atoms. The Hall–Kier alpha value is -1.56. The first kappa shape index (κ1) is 21.5. The molecule has 1 aromatic heterocycles. The van der Waals surface area contributed by atoms with E-state index < -0.39 is 0 Å². The first-order chi connectivity index (χ1) is 11.2. The van der Waals surface area contributed by atoms with Crippen LogP contribution in [0.5, 0.6) is 0 Å². The molecule has 1 fully saturated rings. The number of hydrogen-bond donors (Lipinski definition) is 2. The summed E-state index contributed by atoms with van der Waals surface area (Å²) in [5.41, 5.74) is 0.998. The fourth-order valence-electron chi connectivity index (χ4n) is 2.84. The summed E-state index contributed by atoms with van der Waals surface area (Å²) in [5, 5.41) is 6.43. The van der Waals surface area contributed by atoms with Gasteiger partial charge in [0, 0.05) is 31.0 Å². The van der Waals surface area contributed by atoms with Crippen molar-refractivity contribution in [2.45, 2.75) is 32.2 Å². The number of carbonyl (C=O) groups is 1. The normalized spacial score (nSPS) is 19.4. The molecule has 1 saturated heterocycles. The van der Waals surface area contributed by atoms with Gasteiger partial charge in [-0.1, -0.05) is 37.3 Å². The number of benzene rings is 1. The minimum absolute atomic E-state index is 0. The SMILES string of the molecule is CC1CCNCC1NC(=O)CCc1ncc(-c2ccccc2)o1.Cl.Cl. The Bertz CT molecular complexity index is 649. The minimum atomic E-state index is 0. The smallest absolute Gasteiger partial charge is 0.220 e. The van der Waals surface area contributed by atoms with E-state index in [1.54, 1.807) is 6.20 Å². The summed E-state index contributed by atoms with van der Waals surface area (Å²) in [5.74, 6) is 1.93. The molecule has 1 aromatic carbocycles. The number of aromatic nitrogens is 1. The summed E-state index contributed by atoms with van der Waals surface area (Å²) >= 11 is 0. The maximum Gasteiger partial charge on any atom is 0.220 e. The van der Waals surface area contributed by atoms with Gasteiger partial charge in [0.15, 0.2) is 11.7 Å². The fourth-order valence-corrected chi connectivity index (χ4v) is 2.84. The van der Waals surface area contributed by atoms with E-state index in [1.165, 1.54) is 0 Å². The molecule has 0 aliphatic carbocycles. The van der Waals surface area contributed by atoms with Gasteiger partial charge in [0.1, 0.15) is 0 Å². The van der Waals surface area contributed by atoms with E-state index >= 15 is 0 Å². The monoisotopic (exact) mass is 385 g/mol. The Morgan fingerprint density at radius 2 is 2.08 bits per heavy atom. The Morgan fingerprint density at radius 1 is 1.32 bits per heavy atom. The molecule has 1 amide bonds. The standard InChI is InChI=1S/C18H23N3O2.2ClH/c1-13-9-10-19-11-15(13)21-17(22)7-8-18-20-12-16(23-18)14-5-3-2-4-6-14;;/h2-6,12-13,15,19H,7-11H2,1H3,(H,21,22);2*1H. The fraction of sp³-hybridized carbons (Fsp3) is 0.444. The number of nitrogens with one attached hydrogen (secondary N) is 2. The molecule has 5 nitrogen and oxygen atoms in total. The molecule has 0 bridgehead atoms. The summed E-state index contributed by atoms with van der Waals surface area (Å²) in [6.45, 7) is 4.07. The number of halogens is 2. The van der Waals surface area contributed by atoms with E-state index in [9.17, 15) is 4.79 Å². The van der Waals surface area contributed by atoms with Gasteiger partial charge in [0.25, 0.3) is 0 Å². The van der Waals surface area contributed by atoms with Gasteiger partial charge < -0.3 is 15.1 Å². The summed E-state index contributed by atoms with van der Waals surface area (Å²) < 4.78 is 5.73. The van der Waals surface area contributed by atoms with E-state index in [-0.39, 0.29) is 36.8 Å². The zero-order valence-corrected chi connectivity index (χ0v) is 15.9. The number of piperidine rings is 1. The van der Waals surface area contributed by atoms with Crippen molar-refractivity contribution in [3.63, 3.8) is 0 Å². The molecular weight excluding hydrogens is 361 g/mol. The molecule has 0 radical (unpaired) electrons. The van der Waals surface area contributed by atoms with Gasteiger partial charge in [-0.05, 0) is 18.9 Å². The molecular formula is C18H25Cl2N3O2. The summed E-state index contributed by atoms with van der Waals surface area (Å²) in [6.07, 6.45) is 3.74. The lowest BCUT2D eigenvalue weighted by molar-refractivity contribution is -0.122. The second-order valence-corrected chi connectivity index (χ2v) is 6.13. The van der Waals surface area contributed by atoms with Crippen LogP contribution in [0.2, 0.25) is 0 Å². The third-order valence-electron chi connectivity index (χ3n) is 4.35. The van der Waals surface area contributed by atoms with Crippen molar-refractivity contribution in [1.29, 1.82) is 0 Å². The van der Waals surface area contributed by atoms with Gasteiger partial charge >= 0.3 is 0 Å². The average Bonchev–Trinajstić information content (AvgIpc) is 3.05. The molecule has 1 aliphatic rings. The molecule has 2 aromatic rings. The molecule has 0 saturated carbocycles. The Morgan fingerprint density at radius 3 is 2.80 bits per heavy atom. The predicted molar refractivity (Wildman–Crippen MR) is 103 cm³/mol. The summed E-state index contributed by atoms with van der Waals surface area (Å²) in [6, 6.07) is 10.1. The number of carbonyl (C=O) groups excluding carboxylic acids is 1. The van der Waals surface area contributed by atoms with Crippen molar-refractivity contribution >= 4 is 30.7 Å². The van der Waals surface area contributed by atoms with Crippen LogP contribution in [0.15, 0.2) is 40.9 Å².